The largest absolute Gasteiger partial charge is 0.498 e. The standard InChI is InChI=1S/C23H30Cl2N4O3/c1-23(2)12-32-15(11-28-23)6-7-31-21-10-19-16(9-20(21)30-3)22(27-13-26-19)29-14-4-5-17(24)18(25)8-14/h4-5,8-9,15,21,26,28H,6-7,10-13H2,1-3H3,(H,27,29). The van der Waals surface area contributed by atoms with Crippen molar-refractivity contribution in [2.45, 2.75) is 44.4 Å². The number of benzene rings is 1. The van der Waals surface area contributed by atoms with Crippen LogP contribution in [-0.4, -0.2) is 57.1 Å². The highest BCUT2D eigenvalue weighted by atomic mass is 35.5. The minimum atomic E-state index is -0.149. The molecule has 7 nitrogen and oxygen atoms in total. The summed E-state index contributed by atoms with van der Waals surface area (Å²) in [5.74, 6) is 1.54. The van der Waals surface area contributed by atoms with Crippen LogP contribution >= 0.6 is 23.2 Å². The maximum atomic E-state index is 6.20. The van der Waals surface area contributed by atoms with Gasteiger partial charge in [-0.05, 0) is 44.5 Å². The summed E-state index contributed by atoms with van der Waals surface area (Å²) < 4.78 is 17.8. The molecular weight excluding hydrogens is 451 g/mol. The van der Waals surface area contributed by atoms with Crippen molar-refractivity contribution in [3.8, 4) is 0 Å². The molecule has 1 saturated heterocycles. The Balaban J connectivity index is 1.37. The van der Waals surface area contributed by atoms with Crippen LogP contribution in [0, 0.1) is 0 Å². The van der Waals surface area contributed by atoms with Gasteiger partial charge in [0.1, 0.15) is 24.4 Å². The van der Waals surface area contributed by atoms with Gasteiger partial charge in [0.2, 0.25) is 0 Å². The number of amidine groups is 1. The van der Waals surface area contributed by atoms with Crippen molar-refractivity contribution < 1.29 is 14.2 Å². The van der Waals surface area contributed by atoms with Crippen LogP contribution in [0.25, 0.3) is 0 Å². The van der Waals surface area contributed by atoms with E-state index in [0.29, 0.717) is 36.3 Å². The lowest BCUT2D eigenvalue weighted by atomic mass is 9.97. The van der Waals surface area contributed by atoms with Gasteiger partial charge in [-0.1, -0.05) is 23.2 Å². The number of nitrogens with zero attached hydrogens (tertiary/aromatic N) is 1. The van der Waals surface area contributed by atoms with E-state index < -0.39 is 0 Å². The SMILES string of the molecule is COC1=CC2=C(CC1OCCC1CNC(C)(C)CO1)NCN=C2Nc1ccc(Cl)c(Cl)c1. The third kappa shape index (κ3) is 5.58. The van der Waals surface area contributed by atoms with E-state index in [1.54, 1.807) is 19.2 Å². The molecule has 3 aliphatic rings. The molecule has 2 unspecified atom stereocenters. The van der Waals surface area contributed by atoms with Crippen LogP contribution < -0.4 is 16.0 Å². The normalized spacial score (nSPS) is 24.8. The maximum absolute atomic E-state index is 6.20. The Kier molecular flexibility index (Phi) is 7.32. The van der Waals surface area contributed by atoms with Gasteiger partial charge < -0.3 is 30.2 Å². The van der Waals surface area contributed by atoms with Crippen LogP contribution in [0.1, 0.15) is 26.7 Å². The van der Waals surface area contributed by atoms with E-state index in [1.165, 1.54) is 0 Å². The summed E-state index contributed by atoms with van der Waals surface area (Å²) in [6, 6.07) is 5.42. The van der Waals surface area contributed by atoms with Gasteiger partial charge >= 0.3 is 0 Å². The van der Waals surface area contributed by atoms with Crippen LogP contribution in [0.5, 0.6) is 0 Å². The highest BCUT2D eigenvalue weighted by molar-refractivity contribution is 6.42. The zero-order valence-electron chi connectivity index (χ0n) is 18.6. The fourth-order valence-electron chi connectivity index (χ4n) is 3.90. The van der Waals surface area contributed by atoms with E-state index in [9.17, 15) is 0 Å². The van der Waals surface area contributed by atoms with E-state index in [-0.39, 0.29) is 17.7 Å². The number of ether oxygens (including phenoxy) is 3. The lowest BCUT2D eigenvalue weighted by Gasteiger charge is -2.36. The molecule has 2 heterocycles. The minimum absolute atomic E-state index is 0.0346. The Labute approximate surface area is 199 Å². The third-order valence-corrected chi connectivity index (χ3v) is 6.51. The number of halogens is 2. The number of methoxy groups -OCH3 is 1. The van der Waals surface area contributed by atoms with Crippen molar-refractivity contribution in [2.75, 3.05) is 38.9 Å². The van der Waals surface area contributed by atoms with Gasteiger partial charge in [-0.15, -0.1) is 0 Å². The van der Waals surface area contributed by atoms with Gasteiger partial charge in [-0.25, -0.2) is 4.99 Å². The zero-order valence-corrected chi connectivity index (χ0v) is 20.1. The predicted molar refractivity (Wildman–Crippen MR) is 128 cm³/mol. The molecule has 0 bridgehead atoms. The lowest BCUT2D eigenvalue weighted by molar-refractivity contribution is -0.0462. The second-order valence-corrected chi connectivity index (χ2v) is 9.60. The molecule has 1 aromatic carbocycles. The zero-order chi connectivity index (χ0) is 22.7. The Bertz CT molecular complexity index is 935. The van der Waals surface area contributed by atoms with Gasteiger partial charge in [-0.3, -0.25) is 0 Å². The first-order valence-electron chi connectivity index (χ1n) is 10.8. The van der Waals surface area contributed by atoms with Crippen molar-refractivity contribution in [3.63, 3.8) is 0 Å². The number of hydrogen-bond acceptors (Lipinski definition) is 7. The van der Waals surface area contributed by atoms with Crippen LogP contribution in [0.2, 0.25) is 10.0 Å². The number of rotatable bonds is 6. The monoisotopic (exact) mass is 480 g/mol. The van der Waals surface area contributed by atoms with Crippen LogP contribution in [0.3, 0.4) is 0 Å². The summed E-state index contributed by atoms with van der Waals surface area (Å²) >= 11 is 12.2. The Morgan fingerprint density at radius 3 is 2.84 bits per heavy atom. The summed E-state index contributed by atoms with van der Waals surface area (Å²) in [5, 5.41) is 11.2. The molecule has 9 heteroatoms. The van der Waals surface area contributed by atoms with Gasteiger partial charge in [0.25, 0.3) is 0 Å². The number of morpholine rings is 1. The molecule has 2 aliphatic heterocycles. The molecule has 174 valence electrons. The number of hydrogen-bond donors (Lipinski definition) is 3. The van der Waals surface area contributed by atoms with Crippen LogP contribution in [0.15, 0.2) is 46.3 Å². The second kappa shape index (κ2) is 10.0. The first kappa shape index (κ1) is 23.4. The van der Waals surface area contributed by atoms with E-state index in [4.69, 9.17) is 37.4 Å². The molecule has 0 aromatic heterocycles. The molecule has 1 aromatic rings. The Morgan fingerprint density at radius 1 is 1.28 bits per heavy atom. The molecule has 0 saturated carbocycles. The van der Waals surface area contributed by atoms with E-state index in [1.807, 2.05) is 12.1 Å². The summed E-state index contributed by atoms with van der Waals surface area (Å²) in [4.78, 5) is 4.59. The van der Waals surface area contributed by atoms with Gasteiger partial charge in [0.15, 0.2) is 0 Å². The maximum Gasteiger partial charge on any atom is 0.136 e. The quantitative estimate of drug-likeness (QED) is 0.568. The first-order valence-corrected chi connectivity index (χ1v) is 11.6. The first-order chi connectivity index (χ1) is 15.3. The lowest BCUT2D eigenvalue weighted by Crippen LogP contribution is -2.53. The van der Waals surface area contributed by atoms with E-state index >= 15 is 0 Å². The summed E-state index contributed by atoms with van der Waals surface area (Å²) in [6.45, 7) is 6.93. The molecule has 0 spiro atoms. The van der Waals surface area contributed by atoms with Gasteiger partial charge in [-0.2, -0.15) is 0 Å². The van der Waals surface area contributed by atoms with E-state index in [0.717, 1.165) is 41.5 Å². The molecule has 0 amide bonds. The molecule has 2 atom stereocenters. The topological polar surface area (TPSA) is 76.1 Å². The van der Waals surface area contributed by atoms with E-state index in [2.05, 4.69) is 34.8 Å². The fraction of sp³-hybridized carbons (Fsp3) is 0.522. The molecule has 1 aliphatic carbocycles. The van der Waals surface area contributed by atoms with Gasteiger partial charge in [0, 0.05) is 35.5 Å². The van der Waals surface area contributed by atoms with Crippen molar-refractivity contribution in [2.24, 2.45) is 4.99 Å². The molecule has 32 heavy (non-hydrogen) atoms. The molecule has 0 radical (unpaired) electrons. The minimum Gasteiger partial charge on any atom is -0.498 e. The summed E-state index contributed by atoms with van der Waals surface area (Å²) in [5.41, 5.74) is 2.89. The van der Waals surface area contributed by atoms with Crippen LogP contribution in [0.4, 0.5) is 5.69 Å². The highest BCUT2D eigenvalue weighted by Crippen LogP contribution is 2.30. The predicted octanol–water partition coefficient (Wildman–Crippen LogP) is 4.09. The average molecular weight is 481 g/mol. The molecular formula is C23H30Cl2N4O3. The Morgan fingerprint density at radius 2 is 2.12 bits per heavy atom. The third-order valence-electron chi connectivity index (χ3n) is 5.77. The average Bonchev–Trinajstić information content (AvgIpc) is 2.77. The smallest absolute Gasteiger partial charge is 0.136 e. The molecule has 1 fully saturated rings. The highest BCUT2D eigenvalue weighted by Gasteiger charge is 2.30. The van der Waals surface area contributed by atoms with Crippen molar-refractivity contribution in [3.05, 3.63) is 51.3 Å². The van der Waals surface area contributed by atoms with Gasteiger partial charge in [0.05, 0.1) is 36.5 Å². The summed E-state index contributed by atoms with van der Waals surface area (Å²) in [6.07, 6.45) is 3.53. The van der Waals surface area contributed by atoms with Crippen molar-refractivity contribution >= 4 is 34.7 Å². The number of anilines is 1. The number of aliphatic imine (C=N–C) groups is 1. The Hall–Kier alpha value is -1.77. The van der Waals surface area contributed by atoms with Crippen molar-refractivity contribution in [1.82, 2.24) is 10.6 Å². The summed E-state index contributed by atoms with van der Waals surface area (Å²) in [7, 11) is 1.67. The molecule has 3 N–H and O–H groups in total. The number of nitrogens with one attached hydrogen (secondary N) is 3. The van der Waals surface area contributed by atoms with Crippen LogP contribution in [-0.2, 0) is 14.2 Å². The molecule has 4 rings (SSSR count). The second-order valence-electron chi connectivity index (χ2n) is 8.79. The van der Waals surface area contributed by atoms with Crippen molar-refractivity contribution in [1.29, 1.82) is 0 Å². The fourth-order valence-corrected chi connectivity index (χ4v) is 4.20.